The molecular formula is C31H49N5O4S. The van der Waals surface area contributed by atoms with E-state index in [2.05, 4.69) is 43.7 Å². The Balaban J connectivity index is 1.63. The molecule has 1 aromatic heterocycles. The Hall–Kier alpha value is -2.53. The molecule has 2 heterocycles. The molecule has 3 rings (SSSR count). The molecule has 1 aromatic carbocycles. The average Bonchev–Trinajstić information content (AvgIpc) is 3.41. The molecule has 1 aliphatic heterocycles. The van der Waals surface area contributed by atoms with E-state index in [1.54, 1.807) is 21.1 Å². The molecule has 0 radical (unpaired) electrons. The van der Waals surface area contributed by atoms with E-state index in [4.69, 9.17) is 4.98 Å². The van der Waals surface area contributed by atoms with Gasteiger partial charge in [-0.1, -0.05) is 58.0 Å². The summed E-state index contributed by atoms with van der Waals surface area (Å²) in [7, 11) is 0. The second kappa shape index (κ2) is 16.2. The number of piperazine rings is 1. The Kier molecular flexibility index (Phi) is 13.0. The predicted octanol–water partition coefficient (Wildman–Crippen LogP) is 3.62. The summed E-state index contributed by atoms with van der Waals surface area (Å²) in [5.41, 5.74) is 2.11. The summed E-state index contributed by atoms with van der Waals surface area (Å²) in [4.78, 5) is 33.9. The second-order valence-electron chi connectivity index (χ2n) is 11.7. The van der Waals surface area contributed by atoms with E-state index in [0.29, 0.717) is 32.0 Å². The third-order valence-electron chi connectivity index (χ3n) is 7.74. The molecule has 3 amide bonds. The van der Waals surface area contributed by atoms with E-state index in [9.17, 15) is 19.8 Å². The minimum atomic E-state index is -0.901. The lowest BCUT2D eigenvalue weighted by Gasteiger charge is -2.40. The van der Waals surface area contributed by atoms with Gasteiger partial charge in [0.1, 0.15) is 6.23 Å². The zero-order valence-corrected chi connectivity index (χ0v) is 26.1. The van der Waals surface area contributed by atoms with Crippen molar-refractivity contribution < 1.29 is 19.8 Å². The number of aliphatic hydroxyl groups is 2. The van der Waals surface area contributed by atoms with Crippen LogP contribution in [0.5, 0.6) is 0 Å². The molecule has 228 valence electrons. The number of benzene rings is 1. The van der Waals surface area contributed by atoms with E-state index in [1.807, 2.05) is 37.3 Å². The van der Waals surface area contributed by atoms with Crippen molar-refractivity contribution in [2.45, 2.75) is 84.6 Å². The van der Waals surface area contributed by atoms with E-state index in [0.717, 1.165) is 35.5 Å². The molecule has 10 heteroatoms. The van der Waals surface area contributed by atoms with Crippen LogP contribution in [0.3, 0.4) is 0 Å². The highest BCUT2D eigenvalue weighted by molar-refractivity contribution is 7.09. The van der Waals surface area contributed by atoms with Crippen molar-refractivity contribution in [3.8, 4) is 0 Å². The van der Waals surface area contributed by atoms with Gasteiger partial charge in [0.25, 0.3) is 0 Å². The minimum absolute atomic E-state index is 0.0530. The fraction of sp³-hybridized carbons (Fsp3) is 0.645. The van der Waals surface area contributed by atoms with Gasteiger partial charge in [0.05, 0.1) is 29.4 Å². The molecule has 0 aliphatic carbocycles. The first-order chi connectivity index (χ1) is 19.6. The van der Waals surface area contributed by atoms with Gasteiger partial charge in [-0.2, -0.15) is 0 Å². The molecule has 1 aliphatic rings. The van der Waals surface area contributed by atoms with Gasteiger partial charge in [-0.3, -0.25) is 9.69 Å². The van der Waals surface area contributed by atoms with Gasteiger partial charge in [-0.05, 0) is 44.1 Å². The van der Waals surface area contributed by atoms with Crippen LogP contribution >= 0.6 is 11.3 Å². The van der Waals surface area contributed by atoms with Crippen LogP contribution in [0.25, 0.3) is 0 Å². The van der Waals surface area contributed by atoms with E-state index >= 15 is 0 Å². The molecule has 2 aromatic rings. The van der Waals surface area contributed by atoms with Crippen LogP contribution < -0.4 is 10.6 Å². The lowest BCUT2D eigenvalue weighted by molar-refractivity contribution is -0.128. The summed E-state index contributed by atoms with van der Waals surface area (Å²) >= 11 is 1.70. The molecule has 0 spiro atoms. The first kappa shape index (κ1) is 33.0. The lowest BCUT2D eigenvalue weighted by atomic mass is 9.88. The number of carbonyl (C=O) groups excluding carboxylic acids is 2. The van der Waals surface area contributed by atoms with Crippen molar-refractivity contribution in [2.75, 3.05) is 32.7 Å². The van der Waals surface area contributed by atoms with Gasteiger partial charge in [-0.15, -0.1) is 11.3 Å². The molecule has 1 saturated heterocycles. The number of hydrogen-bond donors (Lipinski definition) is 4. The van der Waals surface area contributed by atoms with Gasteiger partial charge in [-0.25, -0.2) is 9.78 Å². The highest BCUT2D eigenvalue weighted by Gasteiger charge is 2.33. The number of hydrogen-bond acceptors (Lipinski definition) is 7. The molecule has 0 saturated carbocycles. The third kappa shape index (κ3) is 10.1. The van der Waals surface area contributed by atoms with Gasteiger partial charge in [0.2, 0.25) is 5.91 Å². The summed E-state index contributed by atoms with van der Waals surface area (Å²) in [6, 6.07) is 9.11. The molecule has 4 atom stereocenters. The number of amides is 3. The Morgan fingerprint density at radius 1 is 1.15 bits per heavy atom. The Bertz CT molecular complexity index is 1080. The van der Waals surface area contributed by atoms with Gasteiger partial charge < -0.3 is 25.7 Å². The summed E-state index contributed by atoms with van der Waals surface area (Å²) in [6.45, 7) is 12.1. The first-order valence-electron chi connectivity index (χ1n) is 15.0. The fourth-order valence-electron chi connectivity index (χ4n) is 5.24. The average molecular weight is 588 g/mol. The molecule has 9 nitrogen and oxygen atoms in total. The maximum atomic E-state index is 13.6. The number of nitrogens with zero attached hydrogens (tertiary/aromatic N) is 3. The summed E-state index contributed by atoms with van der Waals surface area (Å²) in [6.07, 6.45) is 1.14. The van der Waals surface area contributed by atoms with Crippen LogP contribution in [-0.4, -0.2) is 88.0 Å². The van der Waals surface area contributed by atoms with Crippen molar-refractivity contribution in [2.24, 2.45) is 11.8 Å². The number of thiazole rings is 1. The molecule has 4 N–H and O–H groups in total. The van der Waals surface area contributed by atoms with Crippen molar-refractivity contribution in [3.63, 3.8) is 0 Å². The van der Waals surface area contributed by atoms with Crippen molar-refractivity contribution >= 4 is 23.3 Å². The van der Waals surface area contributed by atoms with Gasteiger partial charge >= 0.3 is 6.03 Å². The number of β-amino-alcohol motifs (C(OH)–C–C–N with tert-alkyl or cyclic N) is 2. The second-order valence-corrected chi connectivity index (χ2v) is 12.6. The molecule has 1 unspecified atom stereocenters. The smallest absolute Gasteiger partial charge is 0.317 e. The first-order valence-corrected chi connectivity index (χ1v) is 15.9. The monoisotopic (exact) mass is 587 g/mol. The van der Waals surface area contributed by atoms with Crippen molar-refractivity contribution in [1.29, 1.82) is 0 Å². The fourth-order valence-corrected chi connectivity index (χ4v) is 6.11. The van der Waals surface area contributed by atoms with Crippen LogP contribution in [0.15, 0.2) is 35.7 Å². The number of aliphatic hydroxyl groups excluding tert-OH is 2. The van der Waals surface area contributed by atoms with E-state index in [1.165, 1.54) is 0 Å². The number of aromatic nitrogens is 1. The highest BCUT2D eigenvalue weighted by Crippen LogP contribution is 2.23. The van der Waals surface area contributed by atoms with Gasteiger partial charge in [0.15, 0.2) is 0 Å². The SMILES string of the molecule is CCNC(=O)N1CCN(C[C@@H](O)[C@H](Cc2ccccc2)NC(=O)[C@@H](CCCc2csc(C(C)C)n2)C(C)C)C(O)C1. The van der Waals surface area contributed by atoms with E-state index in [-0.39, 0.29) is 36.9 Å². The Morgan fingerprint density at radius 2 is 1.88 bits per heavy atom. The Labute approximate surface area is 249 Å². The van der Waals surface area contributed by atoms with Crippen molar-refractivity contribution in [1.82, 2.24) is 25.4 Å². The maximum absolute atomic E-state index is 13.6. The zero-order chi connectivity index (χ0) is 29.9. The molecule has 41 heavy (non-hydrogen) atoms. The number of urea groups is 1. The minimum Gasteiger partial charge on any atom is -0.390 e. The Morgan fingerprint density at radius 3 is 2.49 bits per heavy atom. The molecular weight excluding hydrogens is 538 g/mol. The van der Waals surface area contributed by atoms with Crippen LogP contribution in [0.2, 0.25) is 0 Å². The topological polar surface area (TPSA) is 118 Å². The normalized spacial score (nSPS) is 18.4. The predicted molar refractivity (Wildman–Crippen MR) is 164 cm³/mol. The number of carbonyl (C=O) groups is 2. The summed E-state index contributed by atoms with van der Waals surface area (Å²) in [5.74, 6) is 0.328. The number of aryl methyl sites for hydroxylation is 1. The van der Waals surface area contributed by atoms with Crippen molar-refractivity contribution in [3.05, 3.63) is 52.0 Å². The van der Waals surface area contributed by atoms with Crippen LogP contribution in [0.4, 0.5) is 4.79 Å². The largest absolute Gasteiger partial charge is 0.390 e. The summed E-state index contributed by atoms with van der Waals surface area (Å²) < 4.78 is 0. The summed E-state index contributed by atoms with van der Waals surface area (Å²) in [5, 5.41) is 31.3. The highest BCUT2D eigenvalue weighted by atomic mass is 32.1. The third-order valence-corrected chi connectivity index (χ3v) is 8.94. The lowest BCUT2D eigenvalue weighted by Crippen LogP contribution is -2.60. The van der Waals surface area contributed by atoms with E-state index < -0.39 is 18.4 Å². The van der Waals surface area contributed by atoms with Gasteiger partial charge in [0, 0.05) is 43.4 Å². The maximum Gasteiger partial charge on any atom is 0.317 e. The molecule has 0 bridgehead atoms. The quantitative estimate of drug-likeness (QED) is 0.268. The number of nitrogens with one attached hydrogen (secondary N) is 2. The number of rotatable bonds is 14. The van der Waals surface area contributed by atoms with Crippen LogP contribution in [0, 0.1) is 11.8 Å². The standard InChI is InChI=1S/C31H49N5O4S/c1-6-32-31(40)36-16-15-35(28(38)19-36)18-27(37)26(17-23-11-8-7-9-12-23)34-29(39)25(21(2)3)14-10-13-24-20-41-30(33-24)22(4)5/h7-9,11-12,20-22,25-28,37-38H,6,10,13-19H2,1-5H3,(H,32,40)(H,34,39)/t25-,26-,27+,28?/m0/s1. The van der Waals surface area contributed by atoms with Crippen LogP contribution in [0.1, 0.15) is 69.6 Å². The molecule has 1 fully saturated rings. The van der Waals surface area contributed by atoms with Crippen LogP contribution in [-0.2, 0) is 17.6 Å². The zero-order valence-electron chi connectivity index (χ0n) is 25.3.